The van der Waals surface area contributed by atoms with Crippen molar-refractivity contribution in [2.24, 2.45) is 0 Å². The van der Waals surface area contributed by atoms with Gasteiger partial charge in [-0.1, -0.05) is 0 Å². The maximum absolute atomic E-state index is 10.1. The number of hydrogen-bond donors (Lipinski definition) is 2. The van der Waals surface area contributed by atoms with Crippen LogP contribution < -0.4 is 0 Å². The third-order valence-electron chi connectivity index (χ3n) is 2.89. The summed E-state index contributed by atoms with van der Waals surface area (Å²) in [5.41, 5.74) is 0. The van der Waals surface area contributed by atoms with Crippen LogP contribution in [-0.2, 0) is 9.47 Å². The second kappa shape index (κ2) is 5.67. The van der Waals surface area contributed by atoms with Crippen molar-refractivity contribution in [1.29, 1.82) is 0 Å². The summed E-state index contributed by atoms with van der Waals surface area (Å²) in [5.74, 6) is 1.45. The average molecular weight is 280 g/mol. The molecular weight excluding hydrogens is 260 g/mol. The summed E-state index contributed by atoms with van der Waals surface area (Å²) in [6.45, 7) is 3.97. The van der Waals surface area contributed by atoms with E-state index < -0.39 is 24.1 Å². The van der Waals surface area contributed by atoms with Crippen LogP contribution in [0.3, 0.4) is 0 Å². The fourth-order valence-electron chi connectivity index (χ4n) is 1.97. The van der Waals surface area contributed by atoms with Crippen molar-refractivity contribution in [1.82, 2.24) is 0 Å². The van der Waals surface area contributed by atoms with Crippen molar-refractivity contribution in [2.75, 3.05) is 18.1 Å². The lowest BCUT2D eigenvalue weighted by molar-refractivity contribution is -0.159. The molecular formula is C11H20O4S2. The van der Waals surface area contributed by atoms with E-state index in [1.807, 2.05) is 13.8 Å². The van der Waals surface area contributed by atoms with Gasteiger partial charge >= 0.3 is 0 Å². The van der Waals surface area contributed by atoms with Gasteiger partial charge in [-0.15, -0.1) is 23.5 Å². The number of rotatable bonds is 3. The van der Waals surface area contributed by atoms with Crippen molar-refractivity contribution in [2.45, 2.75) is 48.9 Å². The van der Waals surface area contributed by atoms with Crippen LogP contribution in [-0.4, -0.2) is 57.0 Å². The van der Waals surface area contributed by atoms with E-state index in [0.717, 1.165) is 11.5 Å². The van der Waals surface area contributed by atoms with Gasteiger partial charge in [0.25, 0.3) is 0 Å². The predicted molar refractivity (Wildman–Crippen MR) is 70.2 cm³/mol. The Kier molecular flexibility index (Phi) is 4.66. The van der Waals surface area contributed by atoms with Gasteiger partial charge in [0.1, 0.15) is 18.3 Å². The molecule has 2 aliphatic heterocycles. The zero-order valence-corrected chi connectivity index (χ0v) is 11.8. The molecule has 0 unspecified atom stereocenters. The zero-order chi connectivity index (χ0) is 12.5. The normalized spacial score (nSPS) is 33.5. The molecule has 2 saturated heterocycles. The maximum Gasteiger partial charge on any atom is 0.163 e. The minimum Gasteiger partial charge on any atom is -0.388 e. The highest BCUT2D eigenvalue weighted by Gasteiger charge is 2.41. The summed E-state index contributed by atoms with van der Waals surface area (Å²) in [4.78, 5) is 0. The molecule has 2 N–H and O–H groups in total. The van der Waals surface area contributed by atoms with Gasteiger partial charge in [0.2, 0.25) is 0 Å². The second-order valence-corrected chi connectivity index (χ2v) is 7.61. The Morgan fingerprint density at radius 1 is 1.18 bits per heavy atom. The van der Waals surface area contributed by atoms with E-state index in [1.165, 1.54) is 6.42 Å². The quantitative estimate of drug-likeness (QED) is 0.806. The van der Waals surface area contributed by atoms with Crippen LogP contribution in [0.1, 0.15) is 20.3 Å². The number of hydrogen-bond acceptors (Lipinski definition) is 6. The van der Waals surface area contributed by atoms with Crippen LogP contribution in [0.15, 0.2) is 0 Å². The van der Waals surface area contributed by atoms with Crippen molar-refractivity contribution < 1.29 is 19.7 Å². The molecule has 0 aromatic rings. The highest BCUT2D eigenvalue weighted by molar-refractivity contribution is 8.17. The van der Waals surface area contributed by atoms with E-state index in [4.69, 9.17) is 9.47 Å². The van der Waals surface area contributed by atoms with Crippen LogP contribution in [0.5, 0.6) is 0 Å². The molecule has 3 atom stereocenters. The van der Waals surface area contributed by atoms with Crippen molar-refractivity contribution in [3.63, 3.8) is 0 Å². The summed E-state index contributed by atoms with van der Waals surface area (Å²) in [6.07, 6.45) is -0.888. The summed E-state index contributed by atoms with van der Waals surface area (Å²) >= 11 is 3.43. The van der Waals surface area contributed by atoms with Gasteiger partial charge in [-0.2, -0.15) is 0 Å². The first-order valence-corrected chi connectivity index (χ1v) is 8.00. The topological polar surface area (TPSA) is 58.9 Å². The van der Waals surface area contributed by atoms with Crippen molar-refractivity contribution >= 4 is 23.5 Å². The van der Waals surface area contributed by atoms with E-state index >= 15 is 0 Å². The molecule has 0 amide bonds. The largest absolute Gasteiger partial charge is 0.388 e. The third kappa shape index (κ3) is 3.52. The average Bonchev–Trinajstić information content (AvgIpc) is 2.69. The molecule has 0 aliphatic carbocycles. The Morgan fingerprint density at radius 2 is 1.82 bits per heavy atom. The second-order valence-electron chi connectivity index (χ2n) is 4.81. The molecule has 2 heterocycles. The molecule has 2 aliphatic rings. The van der Waals surface area contributed by atoms with Gasteiger partial charge in [-0.05, 0) is 31.8 Å². The number of thioether (sulfide) groups is 2. The van der Waals surface area contributed by atoms with Gasteiger partial charge < -0.3 is 19.7 Å². The fraction of sp³-hybridized carbons (Fsp3) is 1.00. The number of aliphatic hydroxyl groups excluding tert-OH is 2. The Balaban J connectivity index is 1.88. The van der Waals surface area contributed by atoms with E-state index in [0.29, 0.717) is 6.61 Å². The molecule has 0 aromatic heterocycles. The fourth-order valence-corrected chi connectivity index (χ4v) is 4.92. The Labute approximate surface area is 110 Å². The van der Waals surface area contributed by atoms with Crippen molar-refractivity contribution in [3.8, 4) is 0 Å². The van der Waals surface area contributed by atoms with Crippen LogP contribution in [0.25, 0.3) is 0 Å². The molecule has 0 aromatic carbocycles. The van der Waals surface area contributed by atoms with E-state index in [2.05, 4.69) is 0 Å². The third-order valence-corrected chi connectivity index (χ3v) is 5.97. The molecule has 0 radical (unpaired) electrons. The van der Waals surface area contributed by atoms with Gasteiger partial charge in [0.05, 0.1) is 11.2 Å². The van der Waals surface area contributed by atoms with Crippen molar-refractivity contribution in [3.05, 3.63) is 0 Å². The lowest BCUT2D eigenvalue weighted by Crippen LogP contribution is -2.44. The smallest absolute Gasteiger partial charge is 0.163 e. The Hall–Kier alpha value is 0.540. The lowest BCUT2D eigenvalue weighted by Gasteiger charge is -2.31. The summed E-state index contributed by atoms with van der Waals surface area (Å²) in [7, 11) is 0. The van der Waals surface area contributed by atoms with Crippen LogP contribution in [0, 0.1) is 0 Å². The number of aliphatic hydroxyl groups is 2. The van der Waals surface area contributed by atoms with Gasteiger partial charge in [-0.3, -0.25) is 0 Å². The van der Waals surface area contributed by atoms with Crippen LogP contribution in [0.4, 0.5) is 0 Å². The van der Waals surface area contributed by atoms with Crippen LogP contribution >= 0.6 is 23.5 Å². The van der Waals surface area contributed by atoms with Gasteiger partial charge in [0.15, 0.2) is 5.79 Å². The molecule has 0 spiro atoms. The molecule has 100 valence electrons. The molecule has 0 saturated carbocycles. The molecule has 2 rings (SSSR count). The Bertz CT molecular complexity index is 256. The monoisotopic (exact) mass is 280 g/mol. The zero-order valence-electron chi connectivity index (χ0n) is 10.2. The summed E-state index contributed by atoms with van der Waals surface area (Å²) < 4.78 is 11.0. The lowest BCUT2D eigenvalue weighted by atomic mass is 10.1. The van der Waals surface area contributed by atoms with E-state index in [9.17, 15) is 10.2 Å². The highest BCUT2D eigenvalue weighted by Crippen LogP contribution is 2.36. The standard InChI is InChI=1S/C11H20O4S2/c1-11(2)14-6-7(15-11)8(12)9(13)10-16-4-3-5-17-10/h7-10,12-13H,3-6H2,1-2H3/t7-,8+,9+/m1/s1. The molecule has 0 bridgehead atoms. The first-order valence-electron chi connectivity index (χ1n) is 5.91. The van der Waals surface area contributed by atoms with Gasteiger partial charge in [-0.25, -0.2) is 0 Å². The molecule has 6 heteroatoms. The molecule has 2 fully saturated rings. The summed E-state index contributed by atoms with van der Waals surface area (Å²) in [5, 5.41) is 20.3. The minimum atomic E-state index is -0.875. The van der Waals surface area contributed by atoms with E-state index in [-0.39, 0.29) is 4.58 Å². The predicted octanol–water partition coefficient (Wildman–Crippen LogP) is 1.06. The molecule has 17 heavy (non-hydrogen) atoms. The maximum atomic E-state index is 10.1. The Morgan fingerprint density at radius 3 is 2.35 bits per heavy atom. The highest BCUT2D eigenvalue weighted by atomic mass is 32.2. The summed E-state index contributed by atoms with van der Waals surface area (Å²) in [6, 6.07) is 0. The van der Waals surface area contributed by atoms with Gasteiger partial charge in [0, 0.05) is 0 Å². The van der Waals surface area contributed by atoms with E-state index in [1.54, 1.807) is 23.5 Å². The first kappa shape index (κ1) is 14.0. The molecule has 4 nitrogen and oxygen atoms in total. The van der Waals surface area contributed by atoms with Crippen LogP contribution in [0.2, 0.25) is 0 Å². The first-order chi connectivity index (χ1) is 7.99. The number of ether oxygens (including phenoxy) is 2. The SMILES string of the molecule is CC1(C)OC[C@H]([C@H](O)[C@H](O)C2SCCCS2)O1. The minimum absolute atomic E-state index is 0.0473.